The number of nitrogens with zero attached hydrogens (tertiary/aromatic N) is 1. The van der Waals surface area contributed by atoms with Crippen LogP contribution in [0.15, 0.2) is 48.5 Å². The molecule has 2 aromatic carbocycles. The van der Waals surface area contributed by atoms with Gasteiger partial charge >= 0.3 is 5.97 Å². The number of esters is 1. The zero-order valence-corrected chi connectivity index (χ0v) is 14.0. The van der Waals surface area contributed by atoms with Crippen molar-refractivity contribution in [1.82, 2.24) is 4.90 Å². The van der Waals surface area contributed by atoms with E-state index in [2.05, 4.69) is 4.90 Å². The predicted molar refractivity (Wildman–Crippen MR) is 91.6 cm³/mol. The van der Waals surface area contributed by atoms with E-state index >= 15 is 0 Å². The van der Waals surface area contributed by atoms with Gasteiger partial charge in [0.05, 0.1) is 13.2 Å². The smallest absolute Gasteiger partial charge is 0.327 e. The Hall–Kier alpha value is -1.88. The highest BCUT2D eigenvalue weighted by molar-refractivity contribution is 6.30. The van der Waals surface area contributed by atoms with E-state index < -0.39 is 5.41 Å². The number of carbonyl (C=O) groups excluding carboxylic acids is 1. The van der Waals surface area contributed by atoms with Crippen LogP contribution in [0.5, 0.6) is 5.75 Å². The molecule has 0 radical (unpaired) electrons. The number of ether oxygens (including phenoxy) is 2. The number of fused-ring (bicyclic) bond motifs is 1. The molecule has 0 bridgehead atoms. The molecule has 0 spiro atoms. The van der Waals surface area contributed by atoms with Gasteiger partial charge in [-0.25, -0.2) is 0 Å². The summed E-state index contributed by atoms with van der Waals surface area (Å²) in [6.07, 6.45) is 0. The molecule has 124 valence electrons. The normalized spacial score (nSPS) is 23.8. The Balaban J connectivity index is 1.85. The molecule has 1 fully saturated rings. The molecule has 24 heavy (non-hydrogen) atoms. The summed E-state index contributed by atoms with van der Waals surface area (Å²) in [5, 5.41) is 0.606. The lowest BCUT2D eigenvalue weighted by Crippen LogP contribution is -2.49. The Morgan fingerprint density at radius 1 is 1.08 bits per heavy atom. The summed E-state index contributed by atoms with van der Waals surface area (Å²) in [5.74, 6) is 0.360. The fraction of sp³-hybridized carbons (Fsp3) is 0.316. The van der Waals surface area contributed by atoms with E-state index in [0.29, 0.717) is 30.5 Å². The first kappa shape index (κ1) is 15.6. The average molecular weight is 344 g/mol. The summed E-state index contributed by atoms with van der Waals surface area (Å²) in [7, 11) is 0. The molecule has 2 aliphatic heterocycles. The van der Waals surface area contributed by atoms with Crippen LogP contribution in [-0.2, 0) is 14.9 Å². The van der Waals surface area contributed by atoms with E-state index in [1.54, 1.807) is 12.1 Å². The van der Waals surface area contributed by atoms with E-state index in [0.717, 1.165) is 24.2 Å². The van der Waals surface area contributed by atoms with Crippen LogP contribution in [0.3, 0.4) is 0 Å². The zero-order valence-electron chi connectivity index (χ0n) is 13.2. The largest absolute Gasteiger partial charge is 0.425 e. The van der Waals surface area contributed by atoms with Crippen LogP contribution >= 0.6 is 11.6 Å². The van der Waals surface area contributed by atoms with Gasteiger partial charge in [0.2, 0.25) is 0 Å². The van der Waals surface area contributed by atoms with Crippen LogP contribution in [0, 0.1) is 0 Å². The first-order chi connectivity index (χ1) is 11.7. The van der Waals surface area contributed by atoms with Gasteiger partial charge in [0.25, 0.3) is 0 Å². The van der Waals surface area contributed by atoms with Crippen molar-refractivity contribution in [3.05, 3.63) is 64.7 Å². The minimum atomic E-state index is -0.848. The Labute approximate surface area is 145 Å². The Kier molecular flexibility index (Phi) is 4.04. The second kappa shape index (κ2) is 6.20. The molecule has 2 heterocycles. The summed E-state index contributed by atoms with van der Waals surface area (Å²) >= 11 is 6.23. The third-order valence-electron chi connectivity index (χ3n) is 4.78. The van der Waals surface area contributed by atoms with E-state index in [9.17, 15) is 4.79 Å². The predicted octanol–water partition coefficient (Wildman–Crippen LogP) is 2.88. The van der Waals surface area contributed by atoms with Crippen molar-refractivity contribution in [3.8, 4) is 5.75 Å². The number of benzene rings is 2. The number of rotatable bonds is 3. The van der Waals surface area contributed by atoms with E-state index in [4.69, 9.17) is 21.1 Å². The topological polar surface area (TPSA) is 38.8 Å². The highest BCUT2D eigenvalue weighted by Crippen LogP contribution is 2.46. The van der Waals surface area contributed by atoms with Gasteiger partial charge in [0.1, 0.15) is 11.2 Å². The van der Waals surface area contributed by atoms with Crippen molar-refractivity contribution in [3.63, 3.8) is 0 Å². The van der Waals surface area contributed by atoms with Crippen molar-refractivity contribution >= 4 is 17.6 Å². The second-order valence-corrected chi connectivity index (χ2v) is 6.63. The van der Waals surface area contributed by atoms with Gasteiger partial charge in [-0.1, -0.05) is 41.9 Å². The van der Waals surface area contributed by atoms with E-state index in [1.165, 1.54) is 0 Å². The highest BCUT2D eigenvalue weighted by atomic mass is 35.5. The third-order valence-corrected chi connectivity index (χ3v) is 5.02. The molecule has 0 amide bonds. The van der Waals surface area contributed by atoms with Gasteiger partial charge in [-0.05, 0) is 23.8 Å². The molecular formula is C19H18ClNO3. The Morgan fingerprint density at radius 3 is 2.58 bits per heavy atom. The van der Waals surface area contributed by atoms with Crippen LogP contribution in [-0.4, -0.2) is 43.7 Å². The lowest BCUT2D eigenvalue weighted by molar-refractivity contribution is -0.137. The number of hydrogen-bond donors (Lipinski definition) is 0. The van der Waals surface area contributed by atoms with Gasteiger partial charge in [0, 0.05) is 30.2 Å². The second-order valence-electron chi connectivity index (χ2n) is 6.19. The van der Waals surface area contributed by atoms with Crippen molar-refractivity contribution in [2.75, 3.05) is 32.8 Å². The maximum Gasteiger partial charge on any atom is 0.327 e. The summed E-state index contributed by atoms with van der Waals surface area (Å²) in [4.78, 5) is 15.3. The molecule has 0 aliphatic carbocycles. The molecule has 2 aromatic rings. The monoisotopic (exact) mass is 343 g/mol. The first-order valence-corrected chi connectivity index (χ1v) is 8.46. The van der Waals surface area contributed by atoms with Crippen molar-refractivity contribution in [2.45, 2.75) is 5.41 Å². The Bertz CT molecular complexity index is 758. The number of hydrogen-bond acceptors (Lipinski definition) is 4. The highest BCUT2D eigenvalue weighted by Gasteiger charge is 2.51. The summed E-state index contributed by atoms with van der Waals surface area (Å²) < 4.78 is 11.1. The Morgan fingerprint density at radius 2 is 1.83 bits per heavy atom. The van der Waals surface area contributed by atoms with Crippen molar-refractivity contribution < 1.29 is 14.3 Å². The molecule has 0 saturated carbocycles. The molecule has 0 aromatic heterocycles. The maximum absolute atomic E-state index is 13.0. The molecule has 0 N–H and O–H groups in total. The number of halogens is 1. The lowest BCUT2D eigenvalue weighted by atomic mass is 9.75. The van der Waals surface area contributed by atoms with Gasteiger partial charge in [-0.3, -0.25) is 9.69 Å². The molecule has 4 rings (SSSR count). The molecule has 1 saturated heterocycles. The van der Waals surface area contributed by atoms with Crippen LogP contribution in [0.25, 0.3) is 0 Å². The summed E-state index contributed by atoms with van der Waals surface area (Å²) in [5.41, 5.74) is 0.930. The van der Waals surface area contributed by atoms with E-state index in [-0.39, 0.29) is 5.97 Å². The minimum Gasteiger partial charge on any atom is -0.425 e. The van der Waals surface area contributed by atoms with Gasteiger partial charge in [0.15, 0.2) is 0 Å². The van der Waals surface area contributed by atoms with Gasteiger partial charge < -0.3 is 9.47 Å². The van der Waals surface area contributed by atoms with Crippen molar-refractivity contribution in [2.24, 2.45) is 0 Å². The molecule has 2 aliphatic rings. The standard InChI is InChI=1S/C19H18ClNO3/c20-15-6-7-17-16(12-15)19(18(22)24-17,14-4-2-1-3-5-14)13-21-8-10-23-11-9-21/h1-7,12H,8-11,13H2. The molecule has 4 nitrogen and oxygen atoms in total. The molecule has 1 unspecified atom stereocenters. The van der Waals surface area contributed by atoms with E-state index in [1.807, 2.05) is 36.4 Å². The fourth-order valence-corrected chi connectivity index (χ4v) is 3.73. The number of carbonyl (C=O) groups is 1. The molecule has 5 heteroatoms. The van der Waals surface area contributed by atoms with Crippen LogP contribution in [0.2, 0.25) is 5.02 Å². The minimum absolute atomic E-state index is 0.238. The van der Waals surface area contributed by atoms with Gasteiger partial charge in [-0.2, -0.15) is 0 Å². The van der Waals surface area contributed by atoms with Gasteiger partial charge in [-0.15, -0.1) is 0 Å². The molecular weight excluding hydrogens is 326 g/mol. The lowest BCUT2D eigenvalue weighted by Gasteiger charge is -2.35. The quantitative estimate of drug-likeness (QED) is 0.634. The summed E-state index contributed by atoms with van der Waals surface area (Å²) in [6.45, 7) is 3.53. The fourth-order valence-electron chi connectivity index (χ4n) is 3.55. The number of morpholine rings is 1. The van der Waals surface area contributed by atoms with Crippen LogP contribution < -0.4 is 4.74 Å². The molecule has 1 atom stereocenters. The summed E-state index contributed by atoms with van der Waals surface area (Å²) in [6, 6.07) is 15.2. The first-order valence-electron chi connectivity index (χ1n) is 8.08. The zero-order chi connectivity index (χ0) is 16.6. The van der Waals surface area contributed by atoms with Crippen LogP contribution in [0.1, 0.15) is 11.1 Å². The maximum atomic E-state index is 13.0. The third kappa shape index (κ3) is 2.51. The van der Waals surface area contributed by atoms with Crippen LogP contribution in [0.4, 0.5) is 0 Å². The van der Waals surface area contributed by atoms with Crippen molar-refractivity contribution in [1.29, 1.82) is 0 Å². The SMILES string of the molecule is O=C1Oc2ccc(Cl)cc2C1(CN1CCOCC1)c1ccccc1. The average Bonchev–Trinajstić information content (AvgIpc) is 2.89.